The minimum absolute atomic E-state index is 0.0400. The van der Waals surface area contributed by atoms with Crippen LogP contribution < -0.4 is 16.0 Å². The number of hydrogen-bond donors (Lipinski definition) is 1. The van der Waals surface area contributed by atoms with Gasteiger partial charge in [0, 0.05) is 20.6 Å². The van der Waals surface area contributed by atoms with Gasteiger partial charge in [0.1, 0.15) is 6.61 Å². The van der Waals surface area contributed by atoms with Crippen molar-refractivity contribution in [3.8, 4) is 0 Å². The van der Waals surface area contributed by atoms with Gasteiger partial charge < -0.3 is 9.30 Å². The third-order valence-corrected chi connectivity index (χ3v) is 5.96. The Balaban J connectivity index is 1.54. The van der Waals surface area contributed by atoms with E-state index in [1.165, 1.54) is 41.7 Å². The normalized spacial score (nSPS) is 11.7. The lowest BCUT2D eigenvalue weighted by Gasteiger charge is -2.09. The summed E-state index contributed by atoms with van der Waals surface area (Å²) in [7, 11) is -0.803. The number of sulfonamides is 1. The van der Waals surface area contributed by atoms with Crippen molar-refractivity contribution >= 4 is 27.2 Å². The van der Waals surface area contributed by atoms with E-state index in [0.29, 0.717) is 0 Å². The first kappa shape index (κ1) is 21.5. The van der Waals surface area contributed by atoms with E-state index in [1.54, 1.807) is 18.2 Å². The molecule has 1 N–H and O–H groups in total. The SMILES string of the molecule is Cn1c(=O)c2c(ncn2CCOC(=O)CCNS(=O)(=O)c2ccccc2)n(C)c1=O. The number of fused-ring (bicyclic) bond motifs is 1. The average Bonchev–Trinajstić information content (AvgIpc) is 3.15. The van der Waals surface area contributed by atoms with Gasteiger partial charge in [-0.1, -0.05) is 18.2 Å². The molecule has 1 aromatic carbocycles. The number of rotatable bonds is 8. The van der Waals surface area contributed by atoms with Crippen LogP contribution in [0.15, 0.2) is 51.1 Å². The molecule has 0 amide bonds. The van der Waals surface area contributed by atoms with Crippen LogP contribution in [0.1, 0.15) is 6.42 Å². The molecule has 3 rings (SSSR count). The Labute approximate surface area is 171 Å². The van der Waals surface area contributed by atoms with Gasteiger partial charge in [0.25, 0.3) is 5.56 Å². The van der Waals surface area contributed by atoms with Crippen LogP contribution in [-0.2, 0) is 40.2 Å². The number of aryl methyl sites for hydroxylation is 1. The summed E-state index contributed by atoms with van der Waals surface area (Å²) in [6, 6.07) is 7.82. The summed E-state index contributed by atoms with van der Waals surface area (Å²) in [5.74, 6) is -0.588. The van der Waals surface area contributed by atoms with Gasteiger partial charge in [0.05, 0.1) is 24.2 Å². The topological polar surface area (TPSA) is 134 Å². The molecule has 0 spiro atoms. The van der Waals surface area contributed by atoms with Gasteiger partial charge in [-0.15, -0.1) is 0 Å². The largest absolute Gasteiger partial charge is 0.464 e. The van der Waals surface area contributed by atoms with Crippen molar-refractivity contribution in [3.63, 3.8) is 0 Å². The average molecular weight is 435 g/mol. The summed E-state index contributed by atoms with van der Waals surface area (Å²) in [5.41, 5.74) is -0.509. The number of nitrogens with one attached hydrogen (secondary N) is 1. The molecule has 30 heavy (non-hydrogen) atoms. The van der Waals surface area contributed by atoms with Crippen LogP contribution in [0, 0.1) is 0 Å². The number of hydrogen-bond acceptors (Lipinski definition) is 7. The Morgan fingerprint density at radius 1 is 1.13 bits per heavy atom. The van der Waals surface area contributed by atoms with E-state index in [4.69, 9.17) is 4.74 Å². The molecule has 3 aromatic rings. The lowest BCUT2D eigenvalue weighted by Crippen LogP contribution is -2.37. The van der Waals surface area contributed by atoms with E-state index in [9.17, 15) is 22.8 Å². The van der Waals surface area contributed by atoms with Crippen LogP contribution in [0.4, 0.5) is 0 Å². The van der Waals surface area contributed by atoms with Crippen molar-refractivity contribution in [2.45, 2.75) is 17.9 Å². The molecule has 2 aromatic heterocycles. The zero-order valence-corrected chi connectivity index (χ0v) is 17.3. The second-order valence-corrected chi connectivity index (χ2v) is 8.26. The van der Waals surface area contributed by atoms with Crippen molar-refractivity contribution in [2.75, 3.05) is 13.2 Å². The summed E-state index contributed by atoms with van der Waals surface area (Å²) < 4.78 is 35.4. The van der Waals surface area contributed by atoms with Crippen molar-refractivity contribution in [3.05, 3.63) is 57.5 Å². The standard InChI is InChI=1S/C18H21N5O6S/c1-21-16-15(17(25)22(2)18(21)26)23(12-19-16)10-11-29-14(24)8-9-20-30(27,28)13-6-4-3-5-7-13/h3-7,12,20H,8-11H2,1-2H3. The molecule has 0 bridgehead atoms. The first-order chi connectivity index (χ1) is 14.2. The summed E-state index contributed by atoms with van der Waals surface area (Å²) in [4.78, 5) is 40.4. The van der Waals surface area contributed by atoms with Crippen LogP contribution >= 0.6 is 0 Å². The molecule has 0 radical (unpaired) electrons. The molecule has 0 aliphatic rings. The number of aromatic nitrogens is 4. The van der Waals surface area contributed by atoms with Gasteiger partial charge in [0.2, 0.25) is 10.0 Å². The van der Waals surface area contributed by atoms with Crippen LogP contribution in [0.25, 0.3) is 11.2 Å². The molecular weight excluding hydrogens is 414 g/mol. The Bertz CT molecular complexity index is 1290. The van der Waals surface area contributed by atoms with Gasteiger partial charge >= 0.3 is 11.7 Å². The minimum atomic E-state index is -3.69. The van der Waals surface area contributed by atoms with Gasteiger partial charge in [0.15, 0.2) is 11.2 Å². The molecule has 2 heterocycles. The summed E-state index contributed by atoms with van der Waals surface area (Å²) in [6.07, 6.45) is 1.25. The summed E-state index contributed by atoms with van der Waals surface area (Å²) in [5, 5.41) is 0. The second-order valence-electron chi connectivity index (χ2n) is 6.50. The van der Waals surface area contributed by atoms with E-state index in [-0.39, 0.29) is 42.2 Å². The third kappa shape index (κ3) is 4.33. The monoisotopic (exact) mass is 435 g/mol. The minimum Gasteiger partial charge on any atom is -0.464 e. The van der Waals surface area contributed by atoms with Crippen molar-refractivity contribution in [1.29, 1.82) is 0 Å². The number of imidazole rings is 1. The molecule has 0 atom stereocenters. The molecule has 0 aliphatic heterocycles. The number of esters is 1. The van der Waals surface area contributed by atoms with Gasteiger partial charge in [-0.3, -0.25) is 18.7 Å². The fourth-order valence-electron chi connectivity index (χ4n) is 2.87. The molecule has 12 heteroatoms. The van der Waals surface area contributed by atoms with E-state index in [1.807, 2.05) is 0 Å². The van der Waals surface area contributed by atoms with E-state index in [2.05, 4.69) is 9.71 Å². The predicted molar refractivity (Wildman–Crippen MR) is 107 cm³/mol. The number of nitrogens with zero attached hydrogens (tertiary/aromatic N) is 4. The van der Waals surface area contributed by atoms with E-state index < -0.39 is 27.2 Å². The van der Waals surface area contributed by atoms with Crippen LogP contribution in [0.3, 0.4) is 0 Å². The van der Waals surface area contributed by atoms with Crippen molar-refractivity contribution in [2.24, 2.45) is 14.1 Å². The number of carbonyl (C=O) groups is 1. The number of ether oxygens (including phenoxy) is 1. The Hall–Kier alpha value is -3.25. The lowest BCUT2D eigenvalue weighted by molar-refractivity contribution is -0.143. The lowest BCUT2D eigenvalue weighted by atomic mass is 10.4. The Morgan fingerprint density at radius 3 is 2.53 bits per heavy atom. The van der Waals surface area contributed by atoms with E-state index >= 15 is 0 Å². The Morgan fingerprint density at radius 2 is 1.83 bits per heavy atom. The van der Waals surface area contributed by atoms with Gasteiger partial charge in [-0.05, 0) is 12.1 Å². The highest BCUT2D eigenvalue weighted by Gasteiger charge is 2.15. The summed E-state index contributed by atoms with van der Waals surface area (Å²) in [6.45, 7) is 0.0138. The van der Waals surface area contributed by atoms with Crippen LogP contribution in [0.5, 0.6) is 0 Å². The van der Waals surface area contributed by atoms with Crippen LogP contribution in [-0.4, -0.2) is 46.2 Å². The van der Waals surface area contributed by atoms with Gasteiger partial charge in [-0.2, -0.15) is 0 Å². The van der Waals surface area contributed by atoms with Crippen LogP contribution in [0.2, 0.25) is 0 Å². The first-order valence-corrected chi connectivity index (χ1v) is 10.5. The fraction of sp³-hybridized carbons (Fsp3) is 0.333. The maximum atomic E-state index is 12.3. The highest BCUT2D eigenvalue weighted by molar-refractivity contribution is 7.89. The van der Waals surface area contributed by atoms with E-state index in [0.717, 1.165) is 4.57 Å². The highest BCUT2D eigenvalue weighted by Crippen LogP contribution is 2.07. The van der Waals surface area contributed by atoms with Crippen molar-refractivity contribution in [1.82, 2.24) is 23.4 Å². The molecule has 11 nitrogen and oxygen atoms in total. The molecular formula is C18H21N5O6S. The molecule has 160 valence electrons. The first-order valence-electron chi connectivity index (χ1n) is 9.03. The summed E-state index contributed by atoms with van der Waals surface area (Å²) >= 11 is 0. The Kier molecular flexibility index (Phi) is 6.17. The van der Waals surface area contributed by atoms with Crippen molar-refractivity contribution < 1.29 is 17.9 Å². The zero-order valence-electron chi connectivity index (χ0n) is 16.4. The highest BCUT2D eigenvalue weighted by atomic mass is 32.2. The number of benzene rings is 1. The number of carbonyl (C=O) groups excluding carboxylic acids is 1. The maximum absolute atomic E-state index is 12.3. The smallest absolute Gasteiger partial charge is 0.332 e. The zero-order chi connectivity index (χ0) is 21.9. The predicted octanol–water partition coefficient (Wildman–Crippen LogP) is -0.654. The molecule has 0 aliphatic carbocycles. The van der Waals surface area contributed by atoms with Gasteiger partial charge in [-0.25, -0.2) is 22.9 Å². The third-order valence-electron chi connectivity index (χ3n) is 4.49. The maximum Gasteiger partial charge on any atom is 0.332 e. The quantitative estimate of drug-likeness (QED) is 0.465. The molecule has 0 saturated carbocycles. The molecule has 0 unspecified atom stereocenters. The second kappa shape index (κ2) is 8.63. The molecule has 0 saturated heterocycles. The molecule has 0 fully saturated rings. The fourth-order valence-corrected chi connectivity index (χ4v) is 3.92.